The lowest BCUT2D eigenvalue weighted by Gasteiger charge is -2.04. The molecule has 0 unspecified atom stereocenters. The van der Waals surface area contributed by atoms with E-state index >= 15 is 0 Å². The number of rotatable bonds is 1. The van der Waals surface area contributed by atoms with E-state index in [-0.39, 0.29) is 11.2 Å². The van der Waals surface area contributed by atoms with Gasteiger partial charge in [-0.15, -0.1) is 0 Å². The Hall–Kier alpha value is -2.18. The second-order valence-electron chi connectivity index (χ2n) is 2.55. The van der Waals surface area contributed by atoms with Gasteiger partial charge in [0.15, 0.2) is 11.2 Å². The normalized spacial score (nSPS) is 10.4. The number of nitrogens with zero attached hydrogens (tertiary/aromatic N) is 3. The average Bonchev–Trinajstić information content (AvgIpc) is 2.18. The molecule has 0 spiro atoms. The first kappa shape index (κ1) is 8.42. The summed E-state index contributed by atoms with van der Waals surface area (Å²) in [6.07, 6.45) is 2.80. The molecular weight excluding hydrogens is 186 g/mol. The summed E-state index contributed by atoms with van der Waals surface area (Å²) >= 11 is 0. The molecule has 72 valence electrons. The number of H-pyrrole nitrogens is 1. The Bertz CT molecular complexity index is 584. The fourth-order valence-electron chi connectivity index (χ4n) is 1.17. The Morgan fingerprint density at radius 3 is 2.79 bits per heavy atom. The molecule has 0 atom stereocenters. The van der Waals surface area contributed by atoms with Crippen LogP contribution in [0, 0.1) is 0 Å². The van der Waals surface area contributed by atoms with Gasteiger partial charge >= 0.3 is 5.69 Å². The third-order valence-corrected chi connectivity index (χ3v) is 1.75. The summed E-state index contributed by atoms with van der Waals surface area (Å²) in [6.45, 7) is 0. The van der Waals surface area contributed by atoms with Gasteiger partial charge in [0, 0.05) is 19.4 Å². The monoisotopic (exact) mass is 193 g/mol. The molecule has 2 N–H and O–H groups in total. The fourth-order valence-corrected chi connectivity index (χ4v) is 1.17. The third kappa shape index (κ3) is 1.06. The molecule has 0 aromatic carbocycles. The van der Waals surface area contributed by atoms with Crippen LogP contribution in [0.3, 0.4) is 0 Å². The average molecular weight is 193 g/mol. The number of nitrogens with one attached hydrogen (secondary N) is 2. The standard InChI is InChI=1S/C7H7N5O2/c1-8-12-5-4(9-2-3-10-5)6(13)11-7(12)14/h2-3,8H,1H3,(H,11,13,14). The van der Waals surface area contributed by atoms with Crippen LogP contribution in [-0.2, 0) is 0 Å². The summed E-state index contributed by atoms with van der Waals surface area (Å²) in [5, 5.41) is 0. The molecular formula is C7H7N5O2. The van der Waals surface area contributed by atoms with Crippen LogP contribution in [0.25, 0.3) is 11.2 Å². The molecule has 0 saturated heterocycles. The van der Waals surface area contributed by atoms with Crippen LogP contribution >= 0.6 is 0 Å². The molecule has 2 aromatic heterocycles. The topological polar surface area (TPSA) is 92.7 Å². The predicted octanol–water partition coefficient (Wildman–Crippen LogP) is -1.35. The quantitative estimate of drug-likeness (QED) is 0.584. The molecule has 0 bridgehead atoms. The maximum Gasteiger partial charge on any atom is 0.348 e. The van der Waals surface area contributed by atoms with Crippen LogP contribution in [0.2, 0.25) is 0 Å². The first-order chi connectivity index (χ1) is 6.74. The summed E-state index contributed by atoms with van der Waals surface area (Å²) in [6, 6.07) is 0. The van der Waals surface area contributed by atoms with E-state index in [1.165, 1.54) is 12.4 Å². The first-order valence-corrected chi connectivity index (χ1v) is 3.88. The van der Waals surface area contributed by atoms with Crippen molar-refractivity contribution in [1.82, 2.24) is 19.6 Å². The van der Waals surface area contributed by atoms with Crippen molar-refractivity contribution in [3.63, 3.8) is 0 Å². The summed E-state index contributed by atoms with van der Waals surface area (Å²) in [5.41, 5.74) is 1.83. The van der Waals surface area contributed by atoms with E-state index in [4.69, 9.17) is 0 Å². The number of fused-ring (bicyclic) bond motifs is 1. The lowest BCUT2D eigenvalue weighted by Crippen LogP contribution is -2.35. The van der Waals surface area contributed by atoms with E-state index in [9.17, 15) is 9.59 Å². The fraction of sp³-hybridized carbons (Fsp3) is 0.143. The van der Waals surface area contributed by atoms with Crippen LogP contribution in [0.4, 0.5) is 0 Å². The van der Waals surface area contributed by atoms with Gasteiger partial charge in [0.25, 0.3) is 5.56 Å². The third-order valence-electron chi connectivity index (χ3n) is 1.75. The van der Waals surface area contributed by atoms with Crippen molar-refractivity contribution in [2.45, 2.75) is 0 Å². The highest BCUT2D eigenvalue weighted by atomic mass is 16.2. The number of hydrogen-bond acceptors (Lipinski definition) is 5. The summed E-state index contributed by atoms with van der Waals surface area (Å²) in [5.74, 6) is 0. The molecule has 0 radical (unpaired) electrons. The Morgan fingerprint density at radius 2 is 2.07 bits per heavy atom. The van der Waals surface area contributed by atoms with Crippen LogP contribution in [-0.4, -0.2) is 26.7 Å². The van der Waals surface area contributed by atoms with E-state index in [1.54, 1.807) is 7.05 Å². The summed E-state index contributed by atoms with van der Waals surface area (Å²) < 4.78 is 1.11. The second kappa shape index (κ2) is 2.95. The van der Waals surface area contributed by atoms with Gasteiger partial charge in [0.2, 0.25) is 0 Å². The molecule has 0 aliphatic carbocycles. The molecule has 0 fully saturated rings. The highest BCUT2D eigenvalue weighted by molar-refractivity contribution is 5.67. The van der Waals surface area contributed by atoms with Gasteiger partial charge in [-0.25, -0.2) is 14.8 Å². The van der Waals surface area contributed by atoms with Crippen molar-refractivity contribution in [3.05, 3.63) is 33.2 Å². The molecule has 2 aromatic rings. The SMILES string of the molecule is CNn1c(=O)[nH]c(=O)c2nccnc21. The van der Waals surface area contributed by atoms with Crippen LogP contribution in [0.5, 0.6) is 0 Å². The molecule has 0 aliphatic heterocycles. The van der Waals surface area contributed by atoms with Gasteiger partial charge in [0.05, 0.1) is 0 Å². The minimum atomic E-state index is -0.564. The van der Waals surface area contributed by atoms with Gasteiger partial charge in [-0.2, -0.15) is 4.68 Å². The molecule has 0 aliphatic rings. The minimum Gasteiger partial charge on any atom is -0.323 e. The zero-order valence-corrected chi connectivity index (χ0v) is 7.31. The smallest absolute Gasteiger partial charge is 0.323 e. The number of aromatic amines is 1. The van der Waals surface area contributed by atoms with Crippen molar-refractivity contribution in [1.29, 1.82) is 0 Å². The van der Waals surface area contributed by atoms with Crippen LogP contribution < -0.4 is 16.7 Å². The van der Waals surface area contributed by atoms with Gasteiger partial charge in [-0.3, -0.25) is 9.78 Å². The summed E-state index contributed by atoms with van der Waals surface area (Å²) in [4.78, 5) is 32.4. The molecule has 2 rings (SSSR count). The Morgan fingerprint density at radius 1 is 1.36 bits per heavy atom. The first-order valence-electron chi connectivity index (χ1n) is 3.88. The van der Waals surface area contributed by atoms with E-state index < -0.39 is 11.2 Å². The number of aromatic nitrogens is 4. The maximum absolute atomic E-state index is 11.3. The largest absolute Gasteiger partial charge is 0.348 e. The van der Waals surface area contributed by atoms with Crippen molar-refractivity contribution < 1.29 is 0 Å². The highest BCUT2D eigenvalue weighted by Gasteiger charge is 2.06. The molecule has 0 saturated carbocycles. The van der Waals surface area contributed by atoms with Gasteiger partial charge < -0.3 is 5.43 Å². The molecule has 7 heteroatoms. The van der Waals surface area contributed by atoms with Gasteiger partial charge in [0.1, 0.15) is 0 Å². The molecule has 0 amide bonds. The van der Waals surface area contributed by atoms with Gasteiger partial charge in [-0.05, 0) is 0 Å². The van der Waals surface area contributed by atoms with Crippen LogP contribution in [0.15, 0.2) is 22.0 Å². The van der Waals surface area contributed by atoms with E-state index in [0.29, 0.717) is 0 Å². The molecule has 2 heterocycles. The second-order valence-corrected chi connectivity index (χ2v) is 2.55. The molecule has 14 heavy (non-hydrogen) atoms. The van der Waals surface area contributed by atoms with Crippen molar-refractivity contribution in [2.75, 3.05) is 12.5 Å². The maximum atomic E-state index is 11.3. The Labute approximate surface area is 77.4 Å². The predicted molar refractivity (Wildman–Crippen MR) is 49.7 cm³/mol. The highest BCUT2D eigenvalue weighted by Crippen LogP contribution is 1.95. The zero-order chi connectivity index (χ0) is 10.1. The van der Waals surface area contributed by atoms with Gasteiger partial charge in [-0.1, -0.05) is 0 Å². The van der Waals surface area contributed by atoms with Crippen LogP contribution in [0.1, 0.15) is 0 Å². The lowest BCUT2D eigenvalue weighted by atomic mass is 10.5. The number of hydrogen-bond donors (Lipinski definition) is 2. The van der Waals surface area contributed by atoms with E-state index in [0.717, 1.165) is 4.68 Å². The lowest BCUT2D eigenvalue weighted by molar-refractivity contribution is 0.835. The minimum absolute atomic E-state index is 0.126. The summed E-state index contributed by atoms with van der Waals surface area (Å²) in [7, 11) is 1.55. The van der Waals surface area contributed by atoms with E-state index in [1.807, 2.05) is 0 Å². The van der Waals surface area contributed by atoms with E-state index in [2.05, 4.69) is 20.4 Å². The Balaban J connectivity index is 3.06. The molecule has 7 nitrogen and oxygen atoms in total. The Kier molecular flexibility index (Phi) is 1.77. The van der Waals surface area contributed by atoms with Crippen molar-refractivity contribution >= 4 is 11.2 Å². The zero-order valence-electron chi connectivity index (χ0n) is 7.31. The van der Waals surface area contributed by atoms with Crippen molar-refractivity contribution in [3.8, 4) is 0 Å². The van der Waals surface area contributed by atoms with Crippen molar-refractivity contribution in [2.24, 2.45) is 0 Å².